The summed E-state index contributed by atoms with van der Waals surface area (Å²) in [4.78, 5) is 12.0. The van der Waals surface area contributed by atoms with Crippen molar-refractivity contribution < 1.29 is 19.4 Å². The highest BCUT2D eigenvalue weighted by Gasteiger charge is 2.10. The average Bonchev–Trinajstić information content (AvgIpc) is 3.04. The summed E-state index contributed by atoms with van der Waals surface area (Å²) in [6.45, 7) is 0.327. The van der Waals surface area contributed by atoms with Crippen molar-refractivity contribution in [2.45, 2.75) is 6.54 Å². The van der Waals surface area contributed by atoms with E-state index in [2.05, 4.69) is 10.5 Å². The highest BCUT2D eigenvalue weighted by molar-refractivity contribution is 5.97. The minimum atomic E-state index is -0.619. The van der Waals surface area contributed by atoms with E-state index < -0.39 is 5.91 Å². The van der Waals surface area contributed by atoms with Gasteiger partial charge in [-0.1, -0.05) is 18.2 Å². The zero-order valence-corrected chi connectivity index (χ0v) is 13.6. The van der Waals surface area contributed by atoms with Crippen molar-refractivity contribution in [1.82, 2.24) is 9.99 Å². The number of aromatic hydroxyl groups is 2. The first kappa shape index (κ1) is 17.2. The van der Waals surface area contributed by atoms with Crippen LogP contribution in [0.3, 0.4) is 0 Å². The largest absolute Gasteiger partial charge is 0.508 e. The van der Waals surface area contributed by atoms with Crippen molar-refractivity contribution in [1.29, 1.82) is 0 Å². The molecule has 1 aromatic heterocycles. The van der Waals surface area contributed by atoms with E-state index in [4.69, 9.17) is 0 Å². The lowest BCUT2D eigenvalue weighted by Crippen LogP contribution is -2.18. The minimum Gasteiger partial charge on any atom is -0.508 e. The number of hydrogen-bond donors (Lipinski definition) is 3. The van der Waals surface area contributed by atoms with Gasteiger partial charge in [-0.05, 0) is 30.3 Å². The number of carbonyl (C=O) groups excluding carboxylic acids is 1. The van der Waals surface area contributed by atoms with Gasteiger partial charge < -0.3 is 14.8 Å². The number of phenolic OH excluding ortho intramolecular Hbond substituents is 2. The number of aromatic nitrogens is 1. The van der Waals surface area contributed by atoms with E-state index in [1.54, 1.807) is 41.1 Å². The molecule has 3 aromatic rings. The minimum absolute atomic E-state index is 0.0123. The fraction of sp³-hybridized carbons (Fsp3) is 0.0526. The first-order valence-electron chi connectivity index (χ1n) is 7.78. The molecule has 132 valence electrons. The Bertz CT molecular complexity index is 966. The molecule has 0 atom stereocenters. The summed E-state index contributed by atoms with van der Waals surface area (Å²) < 4.78 is 15.6. The Kier molecular flexibility index (Phi) is 4.98. The van der Waals surface area contributed by atoms with Crippen LogP contribution in [0.5, 0.6) is 11.5 Å². The van der Waals surface area contributed by atoms with Crippen molar-refractivity contribution in [2.24, 2.45) is 5.10 Å². The number of benzene rings is 2. The Hall–Kier alpha value is -3.61. The molecule has 3 N–H and O–H groups in total. The van der Waals surface area contributed by atoms with Gasteiger partial charge in [-0.3, -0.25) is 4.79 Å². The van der Waals surface area contributed by atoms with Crippen LogP contribution in [-0.4, -0.2) is 26.9 Å². The maximum Gasteiger partial charge on any atom is 0.275 e. The second-order valence-electron chi connectivity index (χ2n) is 5.55. The van der Waals surface area contributed by atoms with Gasteiger partial charge in [0, 0.05) is 17.8 Å². The van der Waals surface area contributed by atoms with Crippen molar-refractivity contribution in [3.05, 3.63) is 83.4 Å². The molecule has 0 aliphatic heterocycles. The van der Waals surface area contributed by atoms with E-state index in [1.807, 2.05) is 0 Å². The lowest BCUT2D eigenvalue weighted by atomic mass is 10.2. The predicted molar refractivity (Wildman–Crippen MR) is 94.8 cm³/mol. The highest BCUT2D eigenvalue weighted by atomic mass is 19.1. The first-order chi connectivity index (χ1) is 12.5. The average molecular weight is 353 g/mol. The molecule has 7 heteroatoms. The van der Waals surface area contributed by atoms with E-state index in [-0.39, 0.29) is 22.9 Å². The Morgan fingerprint density at radius 1 is 1.15 bits per heavy atom. The van der Waals surface area contributed by atoms with E-state index in [9.17, 15) is 19.4 Å². The standard InChI is InChI=1S/C19H16FN3O3/c20-17-6-2-1-4-13(17)12-23-9-3-5-14(23)11-21-22-19(26)16-8-7-15(24)10-18(16)25/h1-11,24-25H,12H2,(H,22,26)/b21-11+. The molecular weight excluding hydrogens is 337 g/mol. The van der Waals surface area contributed by atoms with Crippen LogP contribution in [0.2, 0.25) is 0 Å². The molecule has 0 radical (unpaired) electrons. The molecule has 26 heavy (non-hydrogen) atoms. The molecule has 3 rings (SSSR count). The van der Waals surface area contributed by atoms with Gasteiger partial charge >= 0.3 is 0 Å². The zero-order valence-electron chi connectivity index (χ0n) is 13.6. The third-order valence-electron chi connectivity index (χ3n) is 3.75. The monoisotopic (exact) mass is 353 g/mol. The Balaban J connectivity index is 1.69. The van der Waals surface area contributed by atoms with Crippen LogP contribution in [0.4, 0.5) is 4.39 Å². The summed E-state index contributed by atoms with van der Waals surface area (Å²) in [6, 6.07) is 13.7. The molecule has 1 amide bonds. The van der Waals surface area contributed by atoms with Crippen LogP contribution in [0.15, 0.2) is 65.9 Å². The second kappa shape index (κ2) is 7.52. The maximum atomic E-state index is 13.8. The fourth-order valence-corrected chi connectivity index (χ4v) is 2.43. The molecule has 6 nitrogen and oxygen atoms in total. The quantitative estimate of drug-likeness (QED) is 0.487. The van der Waals surface area contributed by atoms with Crippen LogP contribution >= 0.6 is 0 Å². The number of hydrazone groups is 1. The molecule has 1 heterocycles. The number of nitrogens with one attached hydrogen (secondary N) is 1. The molecule has 0 spiro atoms. The summed E-state index contributed by atoms with van der Waals surface area (Å²) in [5, 5.41) is 22.8. The SMILES string of the molecule is O=C(N/N=C/c1cccn1Cc1ccccc1F)c1ccc(O)cc1O. The van der Waals surface area contributed by atoms with Crippen LogP contribution < -0.4 is 5.43 Å². The van der Waals surface area contributed by atoms with E-state index in [0.717, 1.165) is 6.07 Å². The lowest BCUT2D eigenvalue weighted by Gasteiger charge is -2.07. The van der Waals surface area contributed by atoms with Crippen molar-refractivity contribution in [3.63, 3.8) is 0 Å². The van der Waals surface area contributed by atoms with Gasteiger partial charge in [0.1, 0.15) is 17.3 Å². The number of nitrogens with zero attached hydrogens (tertiary/aromatic N) is 2. The number of amides is 1. The Morgan fingerprint density at radius 3 is 2.73 bits per heavy atom. The number of carbonyl (C=O) groups is 1. The summed E-state index contributed by atoms with van der Waals surface area (Å²) >= 11 is 0. The van der Waals surface area contributed by atoms with Crippen LogP contribution in [-0.2, 0) is 6.54 Å². The number of phenols is 2. The first-order valence-corrected chi connectivity index (χ1v) is 7.78. The van der Waals surface area contributed by atoms with Crippen LogP contribution in [0, 0.1) is 5.82 Å². The number of rotatable bonds is 5. The second-order valence-corrected chi connectivity index (χ2v) is 5.55. The summed E-state index contributed by atoms with van der Waals surface area (Å²) in [7, 11) is 0. The molecule has 0 saturated heterocycles. The third-order valence-corrected chi connectivity index (χ3v) is 3.75. The van der Waals surface area contributed by atoms with Crippen molar-refractivity contribution in [2.75, 3.05) is 0 Å². The van der Waals surface area contributed by atoms with E-state index >= 15 is 0 Å². The van der Waals surface area contributed by atoms with Gasteiger partial charge in [-0.15, -0.1) is 0 Å². The van der Waals surface area contributed by atoms with Gasteiger partial charge in [0.25, 0.3) is 5.91 Å². The summed E-state index contributed by atoms with van der Waals surface area (Å²) in [5.74, 6) is -1.40. The molecule has 0 aliphatic carbocycles. The molecule has 0 saturated carbocycles. The third kappa shape index (κ3) is 3.89. The molecule has 0 fully saturated rings. The molecular formula is C19H16FN3O3. The van der Waals surface area contributed by atoms with Crippen LogP contribution in [0.25, 0.3) is 0 Å². The number of halogens is 1. The normalized spacial score (nSPS) is 11.0. The van der Waals surface area contributed by atoms with Gasteiger partial charge in [-0.25, -0.2) is 9.82 Å². The Labute approximate surface area is 148 Å². The molecule has 0 bridgehead atoms. The van der Waals surface area contributed by atoms with Crippen LogP contribution in [0.1, 0.15) is 21.6 Å². The smallest absolute Gasteiger partial charge is 0.275 e. The summed E-state index contributed by atoms with van der Waals surface area (Å²) in [6.07, 6.45) is 3.21. The molecule has 0 aliphatic rings. The summed E-state index contributed by atoms with van der Waals surface area (Å²) in [5.41, 5.74) is 3.50. The van der Waals surface area contributed by atoms with Crippen molar-refractivity contribution in [3.8, 4) is 11.5 Å². The lowest BCUT2D eigenvalue weighted by molar-refractivity contribution is 0.0952. The highest BCUT2D eigenvalue weighted by Crippen LogP contribution is 2.22. The fourth-order valence-electron chi connectivity index (χ4n) is 2.43. The number of hydrogen-bond acceptors (Lipinski definition) is 4. The predicted octanol–water partition coefficient (Wildman–Crippen LogP) is 2.85. The Morgan fingerprint density at radius 2 is 1.96 bits per heavy atom. The van der Waals surface area contributed by atoms with E-state index in [0.29, 0.717) is 17.8 Å². The molecule has 0 unspecified atom stereocenters. The van der Waals surface area contributed by atoms with Crippen molar-refractivity contribution >= 4 is 12.1 Å². The van der Waals surface area contributed by atoms with Gasteiger partial charge in [0.15, 0.2) is 0 Å². The van der Waals surface area contributed by atoms with Gasteiger partial charge in [0.2, 0.25) is 0 Å². The van der Waals surface area contributed by atoms with E-state index in [1.165, 1.54) is 24.4 Å². The zero-order chi connectivity index (χ0) is 18.5. The van der Waals surface area contributed by atoms with Gasteiger partial charge in [0.05, 0.1) is 24.0 Å². The molecule has 2 aromatic carbocycles. The maximum absolute atomic E-state index is 13.8. The topological polar surface area (TPSA) is 86.9 Å². The van der Waals surface area contributed by atoms with Gasteiger partial charge in [-0.2, -0.15) is 5.10 Å².